The summed E-state index contributed by atoms with van der Waals surface area (Å²) in [7, 11) is 0. The second-order valence-corrected chi connectivity index (χ2v) is 5.85. The topological polar surface area (TPSA) is 26.0 Å². The molecule has 2 nitrogen and oxygen atoms in total. The second kappa shape index (κ2) is 10.4. The molecule has 0 atom stereocenters. The minimum atomic E-state index is 0.809. The van der Waals surface area contributed by atoms with E-state index >= 15 is 0 Å². The number of hydrogen-bond donors (Lipinski definition) is 1. The predicted octanol–water partition coefficient (Wildman–Crippen LogP) is 3.89. The van der Waals surface area contributed by atoms with E-state index in [4.69, 9.17) is 5.73 Å². The summed E-state index contributed by atoms with van der Waals surface area (Å²) in [5, 5.41) is 0. The molecule has 1 aromatic carbocycles. The largest absolute Gasteiger partial charge is 0.330 e. The Labute approximate surface area is 130 Å². The van der Waals surface area contributed by atoms with Gasteiger partial charge in [0.05, 0.1) is 19.6 Å². The first kappa shape index (κ1) is 17.7. The molecule has 0 heterocycles. The van der Waals surface area contributed by atoms with Gasteiger partial charge >= 0.3 is 0 Å². The maximum Gasteiger partial charge on any atom is 0.105 e. The van der Waals surface area contributed by atoms with Crippen molar-refractivity contribution in [3.05, 3.63) is 61.2 Å². The van der Waals surface area contributed by atoms with Gasteiger partial charge in [0.25, 0.3) is 0 Å². The molecular formula is C19H31N2+. The fraction of sp³-hybridized carbons (Fsp3) is 0.474. The lowest BCUT2D eigenvalue weighted by molar-refractivity contribution is -0.930. The molecule has 2 N–H and O–H groups in total. The third kappa shape index (κ3) is 6.74. The predicted molar refractivity (Wildman–Crippen MR) is 92.9 cm³/mol. The third-order valence-corrected chi connectivity index (χ3v) is 3.98. The van der Waals surface area contributed by atoms with Crippen LogP contribution >= 0.6 is 0 Å². The number of nitrogens with zero attached hydrogens (tertiary/aromatic N) is 1. The normalized spacial score (nSPS) is 11.3. The average Bonchev–Trinajstić information content (AvgIpc) is 2.49. The Bertz CT molecular complexity index is 387. The van der Waals surface area contributed by atoms with Gasteiger partial charge in [-0.05, 0) is 38.0 Å². The van der Waals surface area contributed by atoms with Crippen LogP contribution in [0.3, 0.4) is 0 Å². The highest BCUT2D eigenvalue weighted by molar-refractivity contribution is 5.13. The summed E-state index contributed by atoms with van der Waals surface area (Å²) in [5.41, 5.74) is 6.96. The fourth-order valence-corrected chi connectivity index (χ4v) is 2.93. The zero-order valence-corrected chi connectivity index (χ0v) is 13.3. The van der Waals surface area contributed by atoms with Crippen LogP contribution in [0.2, 0.25) is 0 Å². The maximum absolute atomic E-state index is 5.56. The van der Waals surface area contributed by atoms with Gasteiger partial charge in [-0.3, -0.25) is 0 Å². The van der Waals surface area contributed by atoms with Gasteiger partial charge in [0.2, 0.25) is 0 Å². The van der Waals surface area contributed by atoms with Crippen molar-refractivity contribution < 1.29 is 4.48 Å². The molecule has 0 bridgehead atoms. The molecule has 0 amide bonds. The van der Waals surface area contributed by atoms with Gasteiger partial charge in [-0.1, -0.05) is 49.9 Å². The van der Waals surface area contributed by atoms with Crippen molar-refractivity contribution in [2.45, 2.75) is 32.2 Å². The highest BCUT2D eigenvalue weighted by Gasteiger charge is 2.24. The van der Waals surface area contributed by atoms with Crippen molar-refractivity contribution in [2.24, 2.45) is 5.73 Å². The molecule has 0 unspecified atom stereocenters. The molecule has 0 aromatic heterocycles. The first-order valence-corrected chi connectivity index (χ1v) is 8.07. The van der Waals surface area contributed by atoms with Gasteiger partial charge in [-0.15, -0.1) is 0 Å². The van der Waals surface area contributed by atoms with Gasteiger partial charge < -0.3 is 10.2 Å². The van der Waals surface area contributed by atoms with Crippen LogP contribution in [0.15, 0.2) is 55.6 Å². The quantitative estimate of drug-likeness (QED) is 0.352. The van der Waals surface area contributed by atoms with Crippen molar-refractivity contribution in [2.75, 3.05) is 26.2 Å². The van der Waals surface area contributed by atoms with Crippen molar-refractivity contribution in [3.63, 3.8) is 0 Å². The number of quaternary nitrogens is 1. The Morgan fingerprint density at radius 3 is 2.10 bits per heavy atom. The summed E-state index contributed by atoms with van der Waals surface area (Å²) in [6, 6.07) is 10.7. The van der Waals surface area contributed by atoms with E-state index in [1.807, 2.05) is 12.2 Å². The van der Waals surface area contributed by atoms with Crippen LogP contribution in [-0.4, -0.2) is 30.7 Å². The van der Waals surface area contributed by atoms with Crippen LogP contribution in [0.4, 0.5) is 0 Å². The molecule has 0 saturated heterocycles. The summed E-state index contributed by atoms with van der Waals surface area (Å²) in [6.07, 6.45) is 8.99. The second-order valence-electron chi connectivity index (χ2n) is 5.85. The summed E-state index contributed by atoms with van der Waals surface area (Å²) < 4.78 is 1.03. The highest BCUT2D eigenvalue weighted by Crippen LogP contribution is 2.17. The molecule has 0 aliphatic carbocycles. The van der Waals surface area contributed by atoms with E-state index in [1.54, 1.807) is 0 Å². The lowest BCUT2D eigenvalue weighted by Gasteiger charge is -2.37. The summed E-state index contributed by atoms with van der Waals surface area (Å²) >= 11 is 0. The van der Waals surface area contributed by atoms with E-state index in [2.05, 4.69) is 43.5 Å². The molecule has 0 radical (unpaired) electrons. The van der Waals surface area contributed by atoms with Crippen molar-refractivity contribution in [1.29, 1.82) is 0 Å². The Balaban J connectivity index is 2.67. The van der Waals surface area contributed by atoms with Gasteiger partial charge in [0.15, 0.2) is 0 Å². The first-order valence-electron chi connectivity index (χ1n) is 8.07. The Hall–Kier alpha value is -1.38. The molecule has 0 spiro atoms. The molecule has 21 heavy (non-hydrogen) atoms. The Morgan fingerprint density at radius 2 is 1.52 bits per heavy atom. The molecule has 2 heteroatoms. The lowest BCUT2D eigenvalue weighted by atomic mass is 10.1. The monoisotopic (exact) mass is 287 g/mol. The summed E-state index contributed by atoms with van der Waals surface area (Å²) in [5.74, 6) is 0. The molecule has 0 fully saturated rings. The molecule has 0 aliphatic rings. The number of rotatable bonds is 12. The minimum absolute atomic E-state index is 0.809. The van der Waals surface area contributed by atoms with E-state index in [-0.39, 0.29) is 0 Å². The number of unbranched alkanes of at least 4 members (excludes halogenated alkanes) is 3. The molecule has 1 aromatic rings. The zero-order chi connectivity index (χ0) is 15.4. The van der Waals surface area contributed by atoms with Crippen molar-refractivity contribution >= 4 is 0 Å². The zero-order valence-electron chi connectivity index (χ0n) is 13.3. The molecular weight excluding hydrogens is 256 g/mol. The van der Waals surface area contributed by atoms with Gasteiger partial charge in [-0.25, -0.2) is 0 Å². The highest BCUT2D eigenvalue weighted by atomic mass is 15.3. The molecule has 0 saturated carbocycles. The standard InChI is InChI=1S/C19H31N2/c1-3-15-21(16-4-2,17-11-6-5-10-14-20)18-19-12-8-7-9-13-19/h3-4,7-9,12-13H,1-2,5-6,10-11,14-18,20H2/q+1. The minimum Gasteiger partial charge on any atom is -0.330 e. The lowest BCUT2D eigenvalue weighted by Crippen LogP contribution is -2.48. The van der Waals surface area contributed by atoms with Crippen LogP contribution in [0.1, 0.15) is 31.2 Å². The third-order valence-electron chi connectivity index (χ3n) is 3.98. The van der Waals surface area contributed by atoms with Gasteiger partial charge in [0.1, 0.15) is 6.54 Å². The summed E-state index contributed by atoms with van der Waals surface area (Å²) in [6.45, 7) is 13.0. The van der Waals surface area contributed by atoms with Crippen LogP contribution in [0.5, 0.6) is 0 Å². The first-order chi connectivity index (χ1) is 10.3. The van der Waals surface area contributed by atoms with Gasteiger partial charge in [-0.2, -0.15) is 0 Å². The number of hydrogen-bond acceptors (Lipinski definition) is 1. The van der Waals surface area contributed by atoms with Crippen LogP contribution in [0.25, 0.3) is 0 Å². The van der Waals surface area contributed by atoms with E-state index in [9.17, 15) is 0 Å². The van der Waals surface area contributed by atoms with E-state index in [0.717, 1.165) is 37.1 Å². The average molecular weight is 287 g/mol. The Kier molecular flexibility index (Phi) is 8.72. The molecule has 1 rings (SSSR count). The van der Waals surface area contributed by atoms with E-state index < -0.39 is 0 Å². The fourth-order valence-electron chi connectivity index (χ4n) is 2.93. The van der Waals surface area contributed by atoms with Crippen LogP contribution in [0, 0.1) is 0 Å². The van der Waals surface area contributed by atoms with Crippen LogP contribution < -0.4 is 5.73 Å². The number of nitrogens with two attached hydrogens (primary N) is 1. The Morgan fingerprint density at radius 1 is 0.905 bits per heavy atom. The number of benzene rings is 1. The molecule has 116 valence electrons. The SMILES string of the molecule is C=CC[N+](CC=C)(CCCCCCN)Cc1ccccc1. The van der Waals surface area contributed by atoms with Crippen molar-refractivity contribution in [1.82, 2.24) is 0 Å². The van der Waals surface area contributed by atoms with Crippen LogP contribution in [-0.2, 0) is 6.54 Å². The van der Waals surface area contributed by atoms with E-state index in [1.165, 1.54) is 31.4 Å². The molecule has 0 aliphatic heterocycles. The van der Waals surface area contributed by atoms with Crippen molar-refractivity contribution in [3.8, 4) is 0 Å². The smallest absolute Gasteiger partial charge is 0.105 e. The summed E-state index contributed by atoms with van der Waals surface area (Å²) in [4.78, 5) is 0. The van der Waals surface area contributed by atoms with E-state index in [0.29, 0.717) is 0 Å². The van der Waals surface area contributed by atoms with Gasteiger partial charge in [0, 0.05) is 5.56 Å². The maximum atomic E-state index is 5.56.